The Morgan fingerprint density at radius 3 is 2.61 bits per heavy atom. The maximum absolute atomic E-state index is 13.2. The summed E-state index contributed by atoms with van der Waals surface area (Å²) >= 11 is 0. The van der Waals surface area contributed by atoms with E-state index in [1.807, 2.05) is 0 Å². The van der Waals surface area contributed by atoms with Crippen LogP contribution in [0, 0.1) is 0 Å². The maximum atomic E-state index is 13.2. The van der Waals surface area contributed by atoms with Crippen LogP contribution in [-0.2, 0) is 11.0 Å². The number of amides is 2. The van der Waals surface area contributed by atoms with Crippen molar-refractivity contribution in [2.75, 3.05) is 19.6 Å². The van der Waals surface area contributed by atoms with Gasteiger partial charge in [-0.05, 0) is 43.2 Å². The van der Waals surface area contributed by atoms with Gasteiger partial charge in [0.25, 0.3) is 11.5 Å². The van der Waals surface area contributed by atoms with Crippen molar-refractivity contribution in [1.82, 2.24) is 19.8 Å². The first kappa shape index (κ1) is 22.5. The van der Waals surface area contributed by atoms with E-state index in [9.17, 15) is 27.6 Å². The minimum absolute atomic E-state index is 0.0185. The van der Waals surface area contributed by atoms with Crippen LogP contribution in [0.15, 0.2) is 53.3 Å². The van der Waals surface area contributed by atoms with Gasteiger partial charge in [0.1, 0.15) is 0 Å². The van der Waals surface area contributed by atoms with E-state index in [0.717, 1.165) is 23.1 Å². The van der Waals surface area contributed by atoms with E-state index in [4.69, 9.17) is 0 Å². The molecule has 0 saturated carbocycles. The van der Waals surface area contributed by atoms with E-state index in [-0.39, 0.29) is 23.7 Å². The predicted molar refractivity (Wildman–Crippen MR) is 115 cm³/mol. The zero-order chi connectivity index (χ0) is 23.6. The Morgan fingerprint density at radius 1 is 1.09 bits per heavy atom. The van der Waals surface area contributed by atoms with Gasteiger partial charge >= 0.3 is 6.18 Å². The lowest BCUT2D eigenvalue weighted by Crippen LogP contribution is -2.36. The summed E-state index contributed by atoms with van der Waals surface area (Å²) in [5, 5.41) is 2.62. The van der Waals surface area contributed by atoms with Gasteiger partial charge in [0.15, 0.2) is 5.69 Å². The highest BCUT2D eigenvalue weighted by Crippen LogP contribution is 2.30. The lowest BCUT2D eigenvalue weighted by Gasteiger charge is -2.16. The van der Waals surface area contributed by atoms with E-state index in [1.165, 1.54) is 12.1 Å². The summed E-state index contributed by atoms with van der Waals surface area (Å²) in [5.74, 6) is -0.638. The Bertz CT molecular complexity index is 1270. The molecule has 1 aliphatic heterocycles. The number of aromatic nitrogens is 2. The number of carbonyl (C=O) groups is 2. The number of nitrogens with zero attached hydrogens (tertiary/aromatic N) is 3. The number of hydrogen-bond acceptors (Lipinski definition) is 4. The topological polar surface area (TPSA) is 84.3 Å². The molecule has 1 saturated heterocycles. The summed E-state index contributed by atoms with van der Waals surface area (Å²) in [5.41, 5.74) is -1.58. The molecule has 3 aromatic rings. The molecular weight excluding hydrogens is 437 g/mol. The quantitative estimate of drug-likeness (QED) is 0.576. The van der Waals surface area contributed by atoms with Crippen LogP contribution in [0.4, 0.5) is 13.2 Å². The first-order valence-electron chi connectivity index (χ1n) is 10.5. The number of likely N-dealkylation sites (tertiary alicyclic amines) is 1. The molecule has 2 aromatic carbocycles. The van der Waals surface area contributed by atoms with E-state index < -0.39 is 28.9 Å². The number of nitrogens with one attached hydrogen (secondary N) is 1. The monoisotopic (exact) mass is 458 g/mol. The largest absolute Gasteiger partial charge is 0.416 e. The number of hydrogen-bond donors (Lipinski definition) is 1. The molecule has 7 nitrogen and oxygen atoms in total. The SMILES string of the molecule is O=C(NCCCN1CCCC1=O)c1nc2ccccc2n(-c2cccc(C(F)(F)F)c2)c1=O. The lowest BCUT2D eigenvalue weighted by atomic mass is 10.1. The number of alkyl halides is 3. The molecule has 10 heteroatoms. The maximum Gasteiger partial charge on any atom is 0.416 e. The van der Waals surface area contributed by atoms with Gasteiger partial charge < -0.3 is 10.2 Å². The molecule has 2 amide bonds. The van der Waals surface area contributed by atoms with Gasteiger partial charge in [-0.1, -0.05) is 18.2 Å². The van der Waals surface area contributed by atoms with Crippen LogP contribution in [-0.4, -0.2) is 45.9 Å². The third-order valence-electron chi connectivity index (χ3n) is 5.47. The summed E-state index contributed by atoms with van der Waals surface area (Å²) in [4.78, 5) is 43.5. The molecule has 33 heavy (non-hydrogen) atoms. The number of benzene rings is 2. The van der Waals surface area contributed by atoms with Crippen molar-refractivity contribution in [3.63, 3.8) is 0 Å². The Labute approximate surface area is 186 Å². The lowest BCUT2D eigenvalue weighted by molar-refractivity contribution is -0.137. The first-order chi connectivity index (χ1) is 15.8. The summed E-state index contributed by atoms with van der Waals surface area (Å²) in [7, 11) is 0. The van der Waals surface area contributed by atoms with E-state index in [1.54, 1.807) is 29.2 Å². The standard InChI is InChI=1S/C23H21F3N4O3/c24-23(25,26)15-6-3-7-16(14-15)30-18-9-2-1-8-17(18)28-20(22(30)33)21(32)27-11-5-13-29-12-4-10-19(29)31/h1-3,6-9,14H,4-5,10-13H2,(H,27,32). The van der Waals surface area contributed by atoms with Crippen molar-refractivity contribution >= 4 is 22.8 Å². The summed E-state index contributed by atoms with van der Waals surface area (Å²) in [6.07, 6.45) is -2.73. The van der Waals surface area contributed by atoms with Crippen molar-refractivity contribution in [3.8, 4) is 5.69 Å². The van der Waals surface area contributed by atoms with Crippen molar-refractivity contribution < 1.29 is 22.8 Å². The molecule has 0 unspecified atom stereocenters. The smallest absolute Gasteiger partial charge is 0.350 e. The fraction of sp³-hybridized carbons (Fsp3) is 0.304. The van der Waals surface area contributed by atoms with Gasteiger partial charge in [-0.25, -0.2) is 4.98 Å². The average molecular weight is 458 g/mol. The van der Waals surface area contributed by atoms with Crippen LogP contribution in [0.3, 0.4) is 0 Å². The molecule has 1 aromatic heterocycles. The molecule has 2 heterocycles. The molecule has 0 aliphatic carbocycles. The number of halogens is 3. The van der Waals surface area contributed by atoms with Crippen LogP contribution < -0.4 is 10.9 Å². The van der Waals surface area contributed by atoms with Crippen molar-refractivity contribution in [1.29, 1.82) is 0 Å². The zero-order valence-corrected chi connectivity index (χ0v) is 17.6. The number of rotatable bonds is 6. The second-order valence-corrected chi connectivity index (χ2v) is 7.73. The molecule has 0 spiro atoms. The Hall–Kier alpha value is -3.69. The van der Waals surface area contributed by atoms with Crippen molar-refractivity contribution in [2.24, 2.45) is 0 Å². The van der Waals surface area contributed by atoms with Gasteiger partial charge in [0, 0.05) is 31.7 Å². The molecule has 0 atom stereocenters. The number of carbonyl (C=O) groups excluding carboxylic acids is 2. The molecule has 1 fully saturated rings. The summed E-state index contributed by atoms with van der Waals surface area (Å²) in [6.45, 7) is 1.42. The highest BCUT2D eigenvalue weighted by Gasteiger charge is 2.31. The number of para-hydroxylation sites is 2. The molecule has 172 valence electrons. The minimum Gasteiger partial charge on any atom is -0.350 e. The van der Waals surface area contributed by atoms with Crippen molar-refractivity contribution in [3.05, 3.63) is 70.1 Å². The molecule has 4 rings (SSSR count). The van der Waals surface area contributed by atoms with Gasteiger partial charge in [-0.2, -0.15) is 13.2 Å². The minimum atomic E-state index is -4.58. The van der Waals surface area contributed by atoms with E-state index in [0.29, 0.717) is 31.4 Å². The van der Waals surface area contributed by atoms with Crippen LogP contribution in [0.1, 0.15) is 35.3 Å². The molecular formula is C23H21F3N4O3. The van der Waals surface area contributed by atoms with Crippen molar-refractivity contribution in [2.45, 2.75) is 25.4 Å². The second kappa shape index (κ2) is 9.05. The fourth-order valence-electron chi connectivity index (χ4n) is 3.85. The third-order valence-corrected chi connectivity index (χ3v) is 5.47. The average Bonchev–Trinajstić information content (AvgIpc) is 3.20. The van der Waals surface area contributed by atoms with E-state index in [2.05, 4.69) is 10.3 Å². The molecule has 0 radical (unpaired) electrons. The van der Waals surface area contributed by atoms with Crippen LogP contribution in [0.2, 0.25) is 0 Å². The van der Waals surface area contributed by atoms with Gasteiger partial charge in [0.05, 0.1) is 16.6 Å². The van der Waals surface area contributed by atoms with Gasteiger partial charge in [0.2, 0.25) is 5.91 Å². The summed E-state index contributed by atoms with van der Waals surface area (Å²) < 4.78 is 40.7. The Morgan fingerprint density at radius 2 is 1.88 bits per heavy atom. The van der Waals surface area contributed by atoms with Crippen LogP contribution in [0.25, 0.3) is 16.7 Å². The normalized spacial score (nSPS) is 14.2. The highest BCUT2D eigenvalue weighted by atomic mass is 19.4. The molecule has 0 bridgehead atoms. The molecule has 1 N–H and O–H groups in total. The van der Waals surface area contributed by atoms with Crippen LogP contribution >= 0.6 is 0 Å². The number of fused-ring (bicyclic) bond motifs is 1. The first-order valence-corrected chi connectivity index (χ1v) is 10.5. The second-order valence-electron chi connectivity index (χ2n) is 7.73. The van der Waals surface area contributed by atoms with E-state index >= 15 is 0 Å². The third kappa shape index (κ3) is 4.74. The summed E-state index contributed by atoms with van der Waals surface area (Å²) in [6, 6.07) is 10.8. The van der Waals surface area contributed by atoms with Gasteiger partial charge in [-0.3, -0.25) is 19.0 Å². The zero-order valence-electron chi connectivity index (χ0n) is 17.6. The predicted octanol–water partition coefficient (Wildman–Crippen LogP) is 3.15. The molecule has 1 aliphatic rings. The van der Waals surface area contributed by atoms with Crippen LogP contribution in [0.5, 0.6) is 0 Å². The fourth-order valence-corrected chi connectivity index (χ4v) is 3.85. The Balaban J connectivity index is 1.64. The highest BCUT2D eigenvalue weighted by molar-refractivity contribution is 5.94. The van der Waals surface area contributed by atoms with Gasteiger partial charge in [-0.15, -0.1) is 0 Å². The Kier molecular flexibility index (Phi) is 6.17.